The van der Waals surface area contributed by atoms with Crippen LogP contribution in [0, 0.1) is 0 Å². The summed E-state index contributed by atoms with van der Waals surface area (Å²) < 4.78 is 17.3. The molecule has 1 amide bonds. The number of furan rings is 1. The van der Waals surface area contributed by atoms with Crippen molar-refractivity contribution in [2.75, 3.05) is 0 Å². The molecule has 2 aromatic heterocycles. The van der Waals surface area contributed by atoms with E-state index in [0.29, 0.717) is 28.1 Å². The average Bonchev–Trinajstić information content (AvgIpc) is 3.32. The van der Waals surface area contributed by atoms with Crippen LogP contribution in [-0.4, -0.2) is 12.0 Å². The van der Waals surface area contributed by atoms with E-state index in [1.807, 2.05) is 30.3 Å². The summed E-state index contributed by atoms with van der Waals surface area (Å²) in [4.78, 5) is 25.9. The van der Waals surface area contributed by atoms with Crippen LogP contribution in [0.1, 0.15) is 39.0 Å². The predicted octanol–water partition coefficient (Wildman–Crippen LogP) is 5.43. The number of hydrogen-bond donors (Lipinski definition) is 1. The molecular formula is C27H27NO5. The number of carbonyl (C=O) groups is 1. The first-order valence-corrected chi connectivity index (χ1v) is 10.9. The van der Waals surface area contributed by atoms with Gasteiger partial charge in [-0.15, -0.1) is 0 Å². The van der Waals surface area contributed by atoms with Gasteiger partial charge in [0.05, 0.1) is 18.2 Å². The van der Waals surface area contributed by atoms with Crippen molar-refractivity contribution in [2.24, 2.45) is 0 Å². The fourth-order valence-corrected chi connectivity index (χ4v) is 3.51. The van der Waals surface area contributed by atoms with Crippen LogP contribution in [0.3, 0.4) is 0 Å². The van der Waals surface area contributed by atoms with Crippen LogP contribution in [0.25, 0.3) is 22.3 Å². The number of rotatable bonds is 6. The summed E-state index contributed by atoms with van der Waals surface area (Å²) in [6, 6.07) is 18.3. The lowest BCUT2D eigenvalue weighted by atomic mass is 9.86. The zero-order chi connectivity index (χ0) is 23.6. The Morgan fingerprint density at radius 1 is 1.03 bits per heavy atom. The maximum atomic E-state index is 13.3. The quantitative estimate of drug-likeness (QED) is 0.428. The predicted molar refractivity (Wildman–Crippen MR) is 127 cm³/mol. The molecule has 2 aromatic carbocycles. The molecule has 1 N–H and O–H groups in total. The molecule has 0 fully saturated rings. The molecule has 33 heavy (non-hydrogen) atoms. The molecule has 1 unspecified atom stereocenters. The summed E-state index contributed by atoms with van der Waals surface area (Å²) in [5, 5.41) is 3.15. The number of para-hydroxylation sites is 1. The van der Waals surface area contributed by atoms with Crippen molar-refractivity contribution in [3.05, 3.63) is 88.5 Å². The van der Waals surface area contributed by atoms with Gasteiger partial charge in [-0.25, -0.2) is 0 Å². The van der Waals surface area contributed by atoms with Gasteiger partial charge in [0.2, 0.25) is 11.2 Å². The molecule has 0 radical (unpaired) electrons. The van der Waals surface area contributed by atoms with Gasteiger partial charge in [-0.2, -0.15) is 0 Å². The van der Waals surface area contributed by atoms with Gasteiger partial charge in [0, 0.05) is 5.56 Å². The Kier molecular flexibility index (Phi) is 6.09. The lowest BCUT2D eigenvalue weighted by Crippen LogP contribution is -2.36. The molecule has 0 aliphatic rings. The van der Waals surface area contributed by atoms with Crippen LogP contribution in [0.5, 0.6) is 5.75 Å². The number of hydrogen-bond acceptors (Lipinski definition) is 5. The summed E-state index contributed by atoms with van der Waals surface area (Å²) >= 11 is 0. The summed E-state index contributed by atoms with van der Waals surface area (Å²) in [6.45, 7) is 8.23. The van der Waals surface area contributed by atoms with E-state index < -0.39 is 6.10 Å². The summed E-state index contributed by atoms with van der Waals surface area (Å²) in [7, 11) is 0. The zero-order valence-corrected chi connectivity index (χ0v) is 19.2. The van der Waals surface area contributed by atoms with E-state index in [4.69, 9.17) is 13.6 Å². The number of carbonyl (C=O) groups excluding carboxylic acids is 1. The lowest BCUT2D eigenvalue weighted by Gasteiger charge is -2.20. The topological polar surface area (TPSA) is 81.7 Å². The number of benzene rings is 2. The van der Waals surface area contributed by atoms with E-state index in [9.17, 15) is 9.59 Å². The van der Waals surface area contributed by atoms with Gasteiger partial charge in [0.15, 0.2) is 11.9 Å². The third kappa shape index (κ3) is 4.85. The normalized spacial score (nSPS) is 12.5. The van der Waals surface area contributed by atoms with E-state index in [0.717, 1.165) is 5.56 Å². The molecule has 6 heteroatoms. The van der Waals surface area contributed by atoms with Gasteiger partial charge in [-0.05, 0) is 42.2 Å². The molecule has 0 saturated heterocycles. The van der Waals surface area contributed by atoms with Crippen molar-refractivity contribution >= 4 is 16.9 Å². The highest BCUT2D eigenvalue weighted by Crippen LogP contribution is 2.33. The molecule has 2 heterocycles. The van der Waals surface area contributed by atoms with Crippen molar-refractivity contribution in [3.8, 4) is 17.1 Å². The fourth-order valence-electron chi connectivity index (χ4n) is 3.51. The molecule has 4 rings (SSSR count). The number of nitrogens with one attached hydrogen (secondary N) is 1. The van der Waals surface area contributed by atoms with Crippen molar-refractivity contribution in [3.63, 3.8) is 0 Å². The third-order valence-corrected chi connectivity index (χ3v) is 5.45. The van der Waals surface area contributed by atoms with Gasteiger partial charge in [-0.1, -0.05) is 57.2 Å². The van der Waals surface area contributed by atoms with E-state index in [1.54, 1.807) is 43.5 Å². The van der Waals surface area contributed by atoms with E-state index in [2.05, 4.69) is 26.1 Å². The molecule has 0 spiro atoms. The van der Waals surface area contributed by atoms with Crippen LogP contribution in [-0.2, 0) is 16.8 Å². The van der Waals surface area contributed by atoms with Crippen LogP contribution in [0.4, 0.5) is 0 Å². The summed E-state index contributed by atoms with van der Waals surface area (Å²) in [5.41, 5.74) is 1.98. The van der Waals surface area contributed by atoms with E-state index in [-0.39, 0.29) is 29.0 Å². The highest BCUT2D eigenvalue weighted by molar-refractivity contribution is 5.83. The summed E-state index contributed by atoms with van der Waals surface area (Å²) in [5.74, 6) is 0.566. The number of ether oxygens (including phenoxy) is 1. The highest BCUT2D eigenvalue weighted by atomic mass is 16.5. The molecule has 0 saturated carbocycles. The highest BCUT2D eigenvalue weighted by Gasteiger charge is 2.23. The average molecular weight is 446 g/mol. The molecule has 0 aliphatic carbocycles. The fraction of sp³-hybridized carbons (Fsp3) is 0.259. The largest absolute Gasteiger partial charge is 0.473 e. The lowest BCUT2D eigenvalue weighted by molar-refractivity contribution is -0.127. The smallest absolute Gasteiger partial charge is 0.261 e. The molecule has 6 nitrogen and oxygen atoms in total. The Bertz CT molecular complexity index is 1310. The Labute approximate surface area is 192 Å². The van der Waals surface area contributed by atoms with Gasteiger partial charge >= 0.3 is 0 Å². The molecular weight excluding hydrogens is 418 g/mol. The molecule has 0 aliphatic heterocycles. The van der Waals surface area contributed by atoms with Gasteiger partial charge < -0.3 is 18.9 Å². The zero-order valence-electron chi connectivity index (χ0n) is 19.2. The SMILES string of the molecule is CC(Oc1c(-c2ccc(C(C)(C)C)cc2)oc2ccccc2c1=O)C(=O)NCc1ccco1. The van der Waals surface area contributed by atoms with Crippen molar-refractivity contribution in [2.45, 2.75) is 45.8 Å². The minimum absolute atomic E-state index is 0.0112. The number of fused-ring (bicyclic) bond motifs is 1. The van der Waals surface area contributed by atoms with Crippen LogP contribution in [0.2, 0.25) is 0 Å². The first-order valence-electron chi connectivity index (χ1n) is 10.9. The summed E-state index contributed by atoms with van der Waals surface area (Å²) in [6.07, 6.45) is 0.621. The first-order chi connectivity index (χ1) is 15.7. The van der Waals surface area contributed by atoms with E-state index >= 15 is 0 Å². The van der Waals surface area contributed by atoms with Crippen molar-refractivity contribution in [1.29, 1.82) is 0 Å². The van der Waals surface area contributed by atoms with Gasteiger partial charge in [0.1, 0.15) is 11.3 Å². The molecule has 0 bridgehead atoms. The second-order valence-electron chi connectivity index (χ2n) is 8.97. The second-order valence-corrected chi connectivity index (χ2v) is 8.97. The Hall–Kier alpha value is -3.80. The Balaban J connectivity index is 1.69. The first kappa shape index (κ1) is 22.4. The molecule has 1 atom stereocenters. The Morgan fingerprint density at radius 3 is 2.42 bits per heavy atom. The minimum atomic E-state index is -0.920. The van der Waals surface area contributed by atoms with Crippen molar-refractivity contribution in [1.82, 2.24) is 5.32 Å². The molecule has 4 aromatic rings. The van der Waals surface area contributed by atoms with E-state index in [1.165, 1.54) is 0 Å². The van der Waals surface area contributed by atoms with Crippen LogP contribution >= 0.6 is 0 Å². The second kappa shape index (κ2) is 8.98. The van der Waals surface area contributed by atoms with Gasteiger partial charge in [0.25, 0.3) is 5.91 Å². The standard InChI is InChI=1S/C27H27NO5/c1-17(26(30)28-16-20-8-7-15-31-20)32-25-23(29)21-9-5-6-10-22(21)33-24(25)18-11-13-19(14-12-18)27(2,3)4/h5-15,17H,16H2,1-4H3,(H,28,30). The maximum Gasteiger partial charge on any atom is 0.261 e. The van der Waals surface area contributed by atoms with Crippen LogP contribution < -0.4 is 15.5 Å². The Morgan fingerprint density at radius 2 is 1.76 bits per heavy atom. The monoisotopic (exact) mass is 445 g/mol. The maximum absolute atomic E-state index is 13.3. The van der Waals surface area contributed by atoms with Crippen molar-refractivity contribution < 1.29 is 18.4 Å². The number of amides is 1. The molecule has 170 valence electrons. The minimum Gasteiger partial charge on any atom is -0.473 e. The third-order valence-electron chi connectivity index (χ3n) is 5.45. The van der Waals surface area contributed by atoms with Crippen LogP contribution in [0.15, 0.2) is 80.6 Å². The van der Waals surface area contributed by atoms with Gasteiger partial charge in [-0.3, -0.25) is 9.59 Å².